The van der Waals surface area contributed by atoms with Crippen molar-refractivity contribution in [2.24, 2.45) is 0 Å². The van der Waals surface area contributed by atoms with Crippen molar-refractivity contribution in [3.8, 4) is 0 Å². The first-order valence-corrected chi connectivity index (χ1v) is 4.55. The summed E-state index contributed by atoms with van der Waals surface area (Å²) in [5.74, 6) is -2.65. The lowest BCUT2D eigenvalue weighted by Crippen LogP contribution is -2.34. The van der Waals surface area contributed by atoms with E-state index in [-0.39, 0.29) is 25.4 Å². The molecule has 1 aliphatic rings. The van der Waals surface area contributed by atoms with Crippen molar-refractivity contribution in [1.29, 1.82) is 0 Å². The van der Waals surface area contributed by atoms with E-state index < -0.39 is 5.92 Å². The van der Waals surface area contributed by atoms with Crippen molar-refractivity contribution in [1.82, 2.24) is 4.98 Å². The van der Waals surface area contributed by atoms with Gasteiger partial charge >= 0.3 is 0 Å². The average molecular weight is 199 g/mol. The van der Waals surface area contributed by atoms with Gasteiger partial charge in [0.2, 0.25) is 5.92 Å². The minimum atomic E-state index is -2.51. The molecule has 1 aromatic heterocycles. The number of pyridine rings is 1. The largest absolute Gasteiger partial charge is 0.390 e. The molecule has 0 aliphatic heterocycles. The highest BCUT2D eigenvalue weighted by atomic mass is 19.3. The topological polar surface area (TPSA) is 33.1 Å². The quantitative estimate of drug-likeness (QED) is 0.791. The van der Waals surface area contributed by atoms with Crippen LogP contribution in [0.3, 0.4) is 0 Å². The molecule has 0 saturated heterocycles. The van der Waals surface area contributed by atoms with Crippen LogP contribution in [0.1, 0.15) is 30.1 Å². The van der Waals surface area contributed by atoms with Gasteiger partial charge < -0.3 is 5.11 Å². The van der Waals surface area contributed by atoms with Crippen LogP contribution >= 0.6 is 0 Å². The number of hydrogen-bond acceptors (Lipinski definition) is 2. The minimum absolute atomic E-state index is 0.116. The van der Waals surface area contributed by atoms with E-state index in [4.69, 9.17) is 5.11 Å². The van der Waals surface area contributed by atoms with E-state index in [1.165, 1.54) is 0 Å². The molecule has 0 amide bonds. The molecule has 0 unspecified atom stereocenters. The van der Waals surface area contributed by atoms with E-state index in [1.807, 2.05) is 0 Å². The number of halogens is 2. The molecule has 2 nitrogen and oxygen atoms in total. The van der Waals surface area contributed by atoms with Crippen molar-refractivity contribution < 1.29 is 13.9 Å². The summed E-state index contributed by atoms with van der Waals surface area (Å²) in [6.07, 6.45) is -0.232. The second-order valence-electron chi connectivity index (χ2n) is 3.67. The molecule has 14 heavy (non-hydrogen) atoms. The summed E-state index contributed by atoms with van der Waals surface area (Å²) < 4.78 is 25.2. The maximum absolute atomic E-state index is 12.6. The first kappa shape index (κ1) is 9.52. The Morgan fingerprint density at radius 2 is 2.14 bits per heavy atom. The molecular weight excluding hydrogens is 188 g/mol. The molecule has 4 heteroatoms. The molecule has 0 spiro atoms. The van der Waals surface area contributed by atoms with Gasteiger partial charge in [-0.3, -0.25) is 4.98 Å². The lowest BCUT2D eigenvalue weighted by Gasteiger charge is -2.34. The van der Waals surface area contributed by atoms with Gasteiger partial charge in [-0.15, -0.1) is 0 Å². The van der Waals surface area contributed by atoms with Gasteiger partial charge in [0.05, 0.1) is 12.3 Å². The number of aromatic nitrogens is 1. The first-order valence-electron chi connectivity index (χ1n) is 4.55. The van der Waals surface area contributed by atoms with Crippen molar-refractivity contribution in [3.63, 3.8) is 0 Å². The molecule has 1 fully saturated rings. The summed E-state index contributed by atoms with van der Waals surface area (Å²) in [5.41, 5.74) is 1.21. The zero-order valence-electron chi connectivity index (χ0n) is 7.58. The molecule has 0 radical (unpaired) electrons. The van der Waals surface area contributed by atoms with Crippen molar-refractivity contribution in [3.05, 3.63) is 29.6 Å². The van der Waals surface area contributed by atoms with Crippen LogP contribution in [-0.4, -0.2) is 16.0 Å². The predicted molar refractivity (Wildman–Crippen MR) is 47.1 cm³/mol. The number of alkyl halides is 2. The molecule has 76 valence electrons. The van der Waals surface area contributed by atoms with Gasteiger partial charge in [-0.1, -0.05) is 6.07 Å². The second-order valence-corrected chi connectivity index (χ2v) is 3.67. The molecule has 0 aromatic carbocycles. The number of aliphatic hydroxyl groups excluding tert-OH is 1. The number of aliphatic hydroxyl groups is 1. The summed E-state index contributed by atoms with van der Waals surface area (Å²) >= 11 is 0. The summed E-state index contributed by atoms with van der Waals surface area (Å²) in [6.45, 7) is -0.142. The minimum Gasteiger partial charge on any atom is -0.390 e. The van der Waals surface area contributed by atoms with Gasteiger partial charge in [-0.05, 0) is 12.1 Å². The van der Waals surface area contributed by atoms with E-state index in [0.717, 1.165) is 0 Å². The van der Waals surface area contributed by atoms with Gasteiger partial charge in [0.25, 0.3) is 0 Å². The number of hydrogen-bond donors (Lipinski definition) is 1. The van der Waals surface area contributed by atoms with E-state index in [1.54, 1.807) is 18.2 Å². The van der Waals surface area contributed by atoms with Crippen LogP contribution in [0, 0.1) is 0 Å². The van der Waals surface area contributed by atoms with Gasteiger partial charge in [0.15, 0.2) is 0 Å². The van der Waals surface area contributed by atoms with Crippen LogP contribution in [0.4, 0.5) is 8.78 Å². The highest BCUT2D eigenvalue weighted by Crippen LogP contribution is 2.47. The lowest BCUT2D eigenvalue weighted by atomic mass is 9.79. The normalized spacial score (nSPS) is 20.5. The zero-order chi connectivity index (χ0) is 10.2. The van der Waals surface area contributed by atoms with E-state index in [0.29, 0.717) is 11.4 Å². The molecule has 2 rings (SSSR count). The fourth-order valence-corrected chi connectivity index (χ4v) is 1.68. The SMILES string of the molecule is OCc1cccc(C2CC(F)(F)C2)n1. The van der Waals surface area contributed by atoms with Crippen LogP contribution in [0.15, 0.2) is 18.2 Å². The Morgan fingerprint density at radius 3 is 2.71 bits per heavy atom. The van der Waals surface area contributed by atoms with Gasteiger partial charge in [0.1, 0.15) is 0 Å². The Hall–Kier alpha value is -1.03. The maximum Gasteiger partial charge on any atom is 0.249 e. The Bertz CT molecular complexity index is 333. The Labute approximate surface area is 80.6 Å². The summed E-state index contributed by atoms with van der Waals surface area (Å²) in [5, 5.41) is 8.83. The van der Waals surface area contributed by atoms with Crippen LogP contribution in [0.2, 0.25) is 0 Å². The van der Waals surface area contributed by atoms with Crippen LogP contribution in [0.25, 0.3) is 0 Å². The average Bonchev–Trinajstić information content (AvgIpc) is 2.14. The monoisotopic (exact) mass is 199 g/mol. The Balaban J connectivity index is 2.11. The zero-order valence-corrected chi connectivity index (χ0v) is 7.58. The van der Waals surface area contributed by atoms with E-state index in [9.17, 15) is 8.78 Å². The van der Waals surface area contributed by atoms with Gasteiger partial charge in [-0.25, -0.2) is 8.78 Å². The van der Waals surface area contributed by atoms with Crippen molar-refractivity contribution in [2.75, 3.05) is 0 Å². The first-order chi connectivity index (χ1) is 6.61. The lowest BCUT2D eigenvalue weighted by molar-refractivity contribution is -0.0876. The highest BCUT2D eigenvalue weighted by molar-refractivity contribution is 5.18. The molecule has 1 heterocycles. The second kappa shape index (κ2) is 3.28. The summed E-state index contributed by atoms with van der Waals surface area (Å²) in [6, 6.07) is 5.16. The van der Waals surface area contributed by atoms with Crippen LogP contribution in [0.5, 0.6) is 0 Å². The Kier molecular flexibility index (Phi) is 2.23. The standard InChI is InChI=1S/C10H11F2NO/c11-10(12)4-7(5-10)9-3-1-2-8(6-14)13-9/h1-3,7,14H,4-6H2. The molecule has 1 saturated carbocycles. The van der Waals surface area contributed by atoms with E-state index in [2.05, 4.69) is 4.98 Å². The third kappa shape index (κ3) is 1.75. The molecular formula is C10H11F2NO. The van der Waals surface area contributed by atoms with E-state index >= 15 is 0 Å². The molecule has 0 bridgehead atoms. The maximum atomic E-state index is 12.6. The molecule has 1 N–H and O–H groups in total. The molecule has 1 aliphatic carbocycles. The third-order valence-corrected chi connectivity index (χ3v) is 2.50. The molecule has 0 atom stereocenters. The Morgan fingerprint density at radius 1 is 1.43 bits per heavy atom. The summed E-state index contributed by atoms with van der Waals surface area (Å²) in [4.78, 5) is 4.10. The fourth-order valence-electron chi connectivity index (χ4n) is 1.68. The van der Waals surface area contributed by atoms with Crippen molar-refractivity contribution in [2.45, 2.75) is 31.3 Å². The smallest absolute Gasteiger partial charge is 0.249 e. The van der Waals surface area contributed by atoms with Crippen LogP contribution in [-0.2, 0) is 6.61 Å². The van der Waals surface area contributed by atoms with Gasteiger partial charge in [0, 0.05) is 24.5 Å². The summed E-state index contributed by atoms with van der Waals surface area (Å²) in [7, 11) is 0. The molecule has 1 aromatic rings. The highest BCUT2D eigenvalue weighted by Gasteiger charge is 2.46. The van der Waals surface area contributed by atoms with Crippen molar-refractivity contribution >= 4 is 0 Å². The number of rotatable bonds is 2. The van der Waals surface area contributed by atoms with Gasteiger partial charge in [-0.2, -0.15) is 0 Å². The van der Waals surface area contributed by atoms with Crippen LogP contribution < -0.4 is 0 Å². The number of nitrogens with zero attached hydrogens (tertiary/aromatic N) is 1. The third-order valence-electron chi connectivity index (χ3n) is 2.50. The fraction of sp³-hybridized carbons (Fsp3) is 0.500. The predicted octanol–water partition coefficient (Wildman–Crippen LogP) is 2.09.